The van der Waals surface area contributed by atoms with Crippen molar-refractivity contribution in [2.75, 3.05) is 12.0 Å². The first-order valence-corrected chi connectivity index (χ1v) is 7.59. The molecule has 1 aromatic rings. The van der Waals surface area contributed by atoms with Crippen LogP contribution in [0, 0.1) is 0 Å². The van der Waals surface area contributed by atoms with E-state index < -0.39 is 9.84 Å². The maximum Gasteiger partial charge on any atom is 0.255 e. The summed E-state index contributed by atoms with van der Waals surface area (Å²) in [5, 5.41) is 0.134. The number of rotatable bonds is 4. The molecule has 5 nitrogen and oxygen atoms in total. The van der Waals surface area contributed by atoms with Crippen molar-refractivity contribution in [2.24, 2.45) is 0 Å². The van der Waals surface area contributed by atoms with Crippen molar-refractivity contribution in [1.82, 2.24) is 9.55 Å². The van der Waals surface area contributed by atoms with Crippen LogP contribution in [-0.4, -0.2) is 30.0 Å². The molecule has 0 aliphatic heterocycles. The van der Waals surface area contributed by atoms with Crippen LogP contribution in [0.1, 0.15) is 25.6 Å². The van der Waals surface area contributed by atoms with E-state index in [4.69, 9.17) is 11.6 Å². The zero-order valence-electron chi connectivity index (χ0n) is 9.97. The highest BCUT2D eigenvalue weighted by molar-refractivity contribution is 7.90. The molecule has 0 atom stereocenters. The van der Waals surface area contributed by atoms with Crippen molar-refractivity contribution in [3.05, 3.63) is 27.4 Å². The molecule has 0 bridgehead atoms. The van der Waals surface area contributed by atoms with Crippen molar-refractivity contribution in [2.45, 2.75) is 26.3 Å². The Bertz CT molecular complexity index is 563. The molecule has 0 aliphatic rings. The molecule has 0 amide bonds. The summed E-state index contributed by atoms with van der Waals surface area (Å²) in [5.74, 6) is 0.419. The third-order valence-electron chi connectivity index (χ3n) is 2.21. The normalized spacial score (nSPS) is 12.1. The van der Waals surface area contributed by atoms with Crippen LogP contribution in [0.15, 0.2) is 10.9 Å². The Balaban J connectivity index is 3.18. The molecule has 0 saturated carbocycles. The number of hydrogen-bond acceptors (Lipinski definition) is 4. The maximum absolute atomic E-state index is 11.7. The molecule has 0 N–H and O–H groups in total. The van der Waals surface area contributed by atoms with Gasteiger partial charge >= 0.3 is 0 Å². The predicted octanol–water partition coefficient (Wildman–Crippen LogP) is 1.06. The summed E-state index contributed by atoms with van der Waals surface area (Å²) in [5.41, 5.74) is -0.322. The standard InChI is InChI=1S/C10H15ClN2O3S/c1-7(2)10-12-8(11)6-9(14)13(10)4-5-17(3,15)16/h6-7H,4-5H2,1-3H3. The van der Waals surface area contributed by atoms with Gasteiger partial charge in [-0.2, -0.15) is 0 Å². The second-order valence-electron chi connectivity index (χ2n) is 4.21. The summed E-state index contributed by atoms with van der Waals surface area (Å²) >= 11 is 5.71. The van der Waals surface area contributed by atoms with Gasteiger partial charge in [0.05, 0.1) is 5.75 Å². The Labute approximate surface area is 105 Å². The molecule has 1 heterocycles. The van der Waals surface area contributed by atoms with E-state index in [1.54, 1.807) is 0 Å². The van der Waals surface area contributed by atoms with Crippen LogP contribution in [0.3, 0.4) is 0 Å². The minimum Gasteiger partial charge on any atom is -0.295 e. The topological polar surface area (TPSA) is 69.0 Å². The SMILES string of the molecule is CC(C)c1nc(Cl)cc(=O)n1CCS(C)(=O)=O. The quantitative estimate of drug-likeness (QED) is 0.773. The molecule has 7 heteroatoms. The fourth-order valence-electron chi connectivity index (χ4n) is 1.42. The van der Waals surface area contributed by atoms with Crippen LogP contribution in [0.25, 0.3) is 0 Å². The van der Waals surface area contributed by atoms with Crippen LogP contribution < -0.4 is 5.56 Å². The van der Waals surface area contributed by atoms with E-state index in [9.17, 15) is 13.2 Å². The van der Waals surface area contributed by atoms with Gasteiger partial charge in [-0.1, -0.05) is 25.4 Å². The molecule has 0 unspecified atom stereocenters. The van der Waals surface area contributed by atoms with Crippen molar-refractivity contribution in [3.8, 4) is 0 Å². The van der Waals surface area contributed by atoms with Gasteiger partial charge in [-0.05, 0) is 0 Å². The molecule has 0 aliphatic carbocycles. The average molecular weight is 279 g/mol. The first kappa shape index (κ1) is 14.2. The Morgan fingerprint density at radius 1 is 1.47 bits per heavy atom. The lowest BCUT2D eigenvalue weighted by Gasteiger charge is -2.13. The van der Waals surface area contributed by atoms with Gasteiger partial charge in [0.2, 0.25) is 0 Å². The van der Waals surface area contributed by atoms with Crippen LogP contribution in [0.5, 0.6) is 0 Å². The smallest absolute Gasteiger partial charge is 0.255 e. The molecule has 0 aromatic carbocycles. The van der Waals surface area contributed by atoms with E-state index in [1.165, 1.54) is 10.6 Å². The van der Waals surface area contributed by atoms with Crippen molar-refractivity contribution < 1.29 is 8.42 Å². The molecule has 1 rings (SSSR count). The monoisotopic (exact) mass is 278 g/mol. The highest BCUT2D eigenvalue weighted by atomic mass is 35.5. The van der Waals surface area contributed by atoms with Crippen LogP contribution in [0.4, 0.5) is 0 Å². The van der Waals surface area contributed by atoms with Crippen molar-refractivity contribution >= 4 is 21.4 Å². The van der Waals surface area contributed by atoms with Crippen LogP contribution >= 0.6 is 11.6 Å². The first-order chi connectivity index (χ1) is 7.70. The predicted molar refractivity (Wildman–Crippen MR) is 67.3 cm³/mol. The zero-order valence-corrected chi connectivity index (χ0v) is 11.5. The summed E-state index contributed by atoms with van der Waals surface area (Å²) < 4.78 is 23.6. The molecule has 96 valence electrons. The van der Waals surface area contributed by atoms with E-state index in [0.29, 0.717) is 5.82 Å². The second kappa shape index (κ2) is 5.18. The molecule has 0 saturated heterocycles. The van der Waals surface area contributed by atoms with Gasteiger partial charge < -0.3 is 0 Å². The number of halogens is 1. The van der Waals surface area contributed by atoms with Crippen molar-refractivity contribution in [1.29, 1.82) is 0 Å². The number of nitrogens with zero attached hydrogens (tertiary/aromatic N) is 2. The fraction of sp³-hybridized carbons (Fsp3) is 0.600. The fourth-order valence-corrected chi connectivity index (χ4v) is 2.11. The van der Waals surface area contributed by atoms with Crippen LogP contribution in [0.2, 0.25) is 5.15 Å². The molecular weight excluding hydrogens is 264 g/mol. The van der Waals surface area contributed by atoms with E-state index in [1.807, 2.05) is 13.8 Å². The molecule has 0 fully saturated rings. The lowest BCUT2D eigenvalue weighted by atomic mass is 10.2. The second-order valence-corrected chi connectivity index (χ2v) is 6.86. The lowest BCUT2D eigenvalue weighted by molar-refractivity contribution is 0.577. The van der Waals surface area contributed by atoms with Gasteiger partial charge in [0, 0.05) is 24.8 Å². The number of hydrogen-bond donors (Lipinski definition) is 0. The number of sulfone groups is 1. The van der Waals surface area contributed by atoms with E-state index in [-0.39, 0.29) is 28.9 Å². The van der Waals surface area contributed by atoms with E-state index in [0.717, 1.165) is 6.26 Å². The Hall–Kier alpha value is -0.880. The Morgan fingerprint density at radius 3 is 2.53 bits per heavy atom. The van der Waals surface area contributed by atoms with Crippen molar-refractivity contribution in [3.63, 3.8) is 0 Å². The third-order valence-corrected chi connectivity index (χ3v) is 3.33. The van der Waals surface area contributed by atoms with Gasteiger partial charge in [-0.15, -0.1) is 0 Å². The third kappa shape index (κ3) is 4.12. The summed E-state index contributed by atoms with van der Waals surface area (Å²) in [6.07, 6.45) is 1.14. The lowest BCUT2D eigenvalue weighted by Crippen LogP contribution is -2.28. The highest BCUT2D eigenvalue weighted by Gasteiger charge is 2.13. The maximum atomic E-state index is 11.7. The van der Waals surface area contributed by atoms with E-state index >= 15 is 0 Å². The Kier molecular flexibility index (Phi) is 4.32. The highest BCUT2D eigenvalue weighted by Crippen LogP contribution is 2.12. The zero-order chi connectivity index (χ0) is 13.2. The number of aromatic nitrogens is 2. The molecule has 17 heavy (non-hydrogen) atoms. The molecule has 0 spiro atoms. The summed E-state index contributed by atoms with van der Waals surface area (Å²) in [6, 6.07) is 1.19. The first-order valence-electron chi connectivity index (χ1n) is 5.15. The van der Waals surface area contributed by atoms with E-state index in [2.05, 4.69) is 4.98 Å². The van der Waals surface area contributed by atoms with Gasteiger partial charge in [0.1, 0.15) is 20.8 Å². The minimum atomic E-state index is -3.11. The molecule has 1 aromatic heterocycles. The van der Waals surface area contributed by atoms with Crippen LogP contribution in [-0.2, 0) is 16.4 Å². The summed E-state index contributed by atoms with van der Waals surface area (Å²) in [7, 11) is -3.11. The van der Waals surface area contributed by atoms with Gasteiger partial charge in [0.25, 0.3) is 5.56 Å². The molecule has 0 radical (unpaired) electrons. The van der Waals surface area contributed by atoms with Gasteiger partial charge in [-0.25, -0.2) is 13.4 Å². The summed E-state index contributed by atoms with van der Waals surface area (Å²) in [4.78, 5) is 15.8. The summed E-state index contributed by atoms with van der Waals surface area (Å²) in [6.45, 7) is 3.85. The molecular formula is C10H15ClN2O3S. The largest absolute Gasteiger partial charge is 0.295 e. The Morgan fingerprint density at radius 2 is 2.06 bits per heavy atom. The average Bonchev–Trinajstić information content (AvgIpc) is 2.13. The van der Waals surface area contributed by atoms with Gasteiger partial charge in [0.15, 0.2) is 0 Å². The minimum absolute atomic E-state index is 0.000889. The van der Waals surface area contributed by atoms with Gasteiger partial charge in [-0.3, -0.25) is 9.36 Å².